The van der Waals surface area contributed by atoms with Crippen molar-refractivity contribution in [2.75, 3.05) is 4.72 Å². The van der Waals surface area contributed by atoms with Crippen molar-refractivity contribution in [2.24, 2.45) is 5.73 Å². The predicted molar refractivity (Wildman–Crippen MR) is 78.9 cm³/mol. The smallest absolute Gasteiger partial charge is 0.261 e. The van der Waals surface area contributed by atoms with Gasteiger partial charge in [0.25, 0.3) is 10.0 Å². The lowest BCUT2D eigenvalue weighted by Gasteiger charge is -2.11. The average Bonchev–Trinajstić information content (AvgIpc) is 2.41. The number of aryl methyl sites for hydroxylation is 2. The quantitative estimate of drug-likeness (QED) is 0.901. The zero-order valence-electron chi connectivity index (χ0n) is 11.4. The van der Waals surface area contributed by atoms with Gasteiger partial charge >= 0.3 is 0 Å². The van der Waals surface area contributed by atoms with Crippen molar-refractivity contribution in [3.05, 3.63) is 53.3 Å². The number of anilines is 1. The first-order valence-corrected chi connectivity index (χ1v) is 7.65. The Hall–Kier alpha value is -1.92. The molecule has 0 saturated heterocycles. The summed E-state index contributed by atoms with van der Waals surface area (Å²) in [5, 5.41) is 0. The molecule has 1 aromatic carbocycles. The van der Waals surface area contributed by atoms with Gasteiger partial charge in [-0.15, -0.1) is 0 Å². The van der Waals surface area contributed by atoms with Crippen molar-refractivity contribution in [1.29, 1.82) is 0 Å². The molecule has 1 aromatic heterocycles. The zero-order chi connectivity index (χ0) is 14.8. The van der Waals surface area contributed by atoms with E-state index in [9.17, 15) is 8.42 Å². The number of benzene rings is 1. The standard InChI is InChI=1S/C14H17N3O2S/c1-10-7-13(4-3-12(10)8-15)20(18,19)17-14-5-6-16-9-11(14)2/h3-7,9H,8,15H2,1-2H3,(H,16,17). The fourth-order valence-electron chi connectivity index (χ4n) is 1.86. The first-order chi connectivity index (χ1) is 9.44. The molecule has 5 nitrogen and oxygen atoms in total. The van der Waals surface area contributed by atoms with Gasteiger partial charge in [0.05, 0.1) is 10.6 Å². The van der Waals surface area contributed by atoms with E-state index >= 15 is 0 Å². The van der Waals surface area contributed by atoms with Gasteiger partial charge in [0.2, 0.25) is 0 Å². The van der Waals surface area contributed by atoms with Crippen molar-refractivity contribution < 1.29 is 8.42 Å². The maximum Gasteiger partial charge on any atom is 0.261 e. The molecule has 1 heterocycles. The van der Waals surface area contributed by atoms with Gasteiger partial charge in [-0.2, -0.15) is 0 Å². The summed E-state index contributed by atoms with van der Waals surface area (Å²) in [5.41, 5.74) is 8.68. The highest BCUT2D eigenvalue weighted by molar-refractivity contribution is 7.92. The van der Waals surface area contributed by atoms with Crippen LogP contribution in [0.25, 0.3) is 0 Å². The molecule has 3 N–H and O–H groups in total. The van der Waals surface area contributed by atoms with Gasteiger partial charge in [0.15, 0.2) is 0 Å². The SMILES string of the molecule is Cc1cc(S(=O)(=O)Nc2ccncc2C)ccc1CN. The number of aromatic nitrogens is 1. The van der Waals surface area contributed by atoms with Gasteiger partial charge in [0.1, 0.15) is 0 Å². The van der Waals surface area contributed by atoms with Crippen molar-refractivity contribution in [1.82, 2.24) is 4.98 Å². The molecule has 0 atom stereocenters. The summed E-state index contributed by atoms with van der Waals surface area (Å²) in [4.78, 5) is 4.16. The maximum absolute atomic E-state index is 12.3. The van der Waals surface area contributed by atoms with E-state index in [0.29, 0.717) is 12.2 Å². The predicted octanol–water partition coefficient (Wildman–Crippen LogP) is 1.96. The Morgan fingerprint density at radius 1 is 1.20 bits per heavy atom. The molecule has 0 unspecified atom stereocenters. The van der Waals surface area contributed by atoms with Crippen LogP contribution in [0.1, 0.15) is 16.7 Å². The normalized spacial score (nSPS) is 11.3. The third-order valence-corrected chi connectivity index (χ3v) is 4.47. The van der Waals surface area contributed by atoms with Gasteiger partial charge in [-0.3, -0.25) is 9.71 Å². The Balaban J connectivity index is 2.36. The van der Waals surface area contributed by atoms with Crippen LogP contribution in [0.15, 0.2) is 41.6 Å². The zero-order valence-corrected chi connectivity index (χ0v) is 12.2. The van der Waals surface area contributed by atoms with Crippen LogP contribution < -0.4 is 10.5 Å². The minimum Gasteiger partial charge on any atom is -0.326 e. The number of nitrogens with one attached hydrogen (secondary N) is 1. The Kier molecular flexibility index (Phi) is 4.06. The van der Waals surface area contributed by atoms with Crippen LogP contribution >= 0.6 is 0 Å². The van der Waals surface area contributed by atoms with E-state index < -0.39 is 10.0 Å². The summed E-state index contributed by atoms with van der Waals surface area (Å²) < 4.78 is 27.3. The van der Waals surface area contributed by atoms with E-state index in [0.717, 1.165) is 16.7 Å². The lowest BCUT2D eigenvalue weighted by Crippen LogP contribution is -2.14. The molecule has 0 saturated carbocycles. The largest absolute Gasteiger partial charge is 0.326 e. The second-order valence-corrected chi connectivity index (χ2v) is 6.27. The van der Waals surface area contributed by atoms with E-state index in [1.165, 1.54) is 0 Å². The Morgan fingerprint density at radius 3 is 2.55 bits per heavy atom. The number of nitrogens with zero attached hydrogens (tertiary/aromatic N) is 1. The summed E-state index contributed by atoms with van der Waals surface area (Å²) in [6, 6.07) is 6.56. The van der Waals surface area contributed by atoms with Crippen molar-refractivity contribution in [3.63, 3.8) is 0 Å². The lowest BCUT2D eigenvalue weighted by atomic mass is 10.1. The molecule has 0 bridgehead atoms. The van der Waals surface area contributed by atoms with Crippen LogP contribution in [-0.2, 0) is 16.6 Å². The number of nitrogens with two attached hydrogens (primary N) is 1. The molecule has 20 heavy (non-hydrogen) atoms. The minimum atomic E-state index is -3.60. The molecule has 0 aliphatic rings. The number of pyridine rings is 1. The van der Waals surface area contributed by atoms with E-state index in [4.69, 9.17) is 5.73 Å². The average molecular weight is 291 g/mol. The van der Waals surface area contributed by atoms with Crippen LogP contribution in [-0.4, -0.2) is 13.4 Å². The topological polar surface area (TPSA) is 85.1 Å². The lowest BCUT2D eigenvalue weighted by molar-refractivity contribution is 0.601. The third kappa shape index (κ3) is 2.97. The molecule has 2 aromatic rings. The number of sulfonamides is 1. The van der Waals surface area contributed by atoms with Crippen molar-refractivity contribution >= 4 is 15.7 Å². The molecule has 0 amide bonds. The molecular weight excluding hydrogens is 274 g/mol. The molecule has 0 fully saturated rings. The van der Waals surface area contributed by atoms with Gasteiger partial charge in [-0.1, -0.05) is 6.07 Å². The van der Waals surface area contributed by atoms with E-state index in [2.05, 4.69) is 9.71 Å². The van der Waals surface area contributed by atoms with Crippen molar-refractivity contribution in [2.45, 2.75) is 25.3 Å². The van der Waals surface area contributed by atoms with Gasteiger partial charge in [0, 0.05) is 18.9 Å². The first kappa shape index (κ1) is 14.5. The van der Waals surface area contributed by atoms with E-state index in [-0.39, 0.29) is 4.90 Å². The second kappa shape index (κ2) is 5.60. The van der Waals surface area contributed by atoms with E-state index in [1.807, 2.05) is 6.92 Å². The van der Waals surface area contributed by atoms with Crippen LogP contribution in [0.4, 0.5) is 5.69 Å². The molecule has 0 radical (unpaired) electrons. The molecular formula is C14H17N3O2S. The second-order valence-electron chi connectivity index (χ2n) is 4.59. The van der Waals surface area contributed by atoms with Gasteiger partial charge in [-0.05, 0) is 48.7 Å². The van der Waals surface area contributed by atoms with Crippen LogP contribution in [0, 0.1) is 13.8 Å². The molecule has 6 heteroatoms. The monoisotopic (exact) mass is 291 g/mol. The molecule has 106 valence electrons. The molecule has 0 aliphatic carbocycles. The highest BCUT2D eigenvalue weighted by Crippen LogP contribution is 2.20. The minimum absolute atomic E-state index is 0.225. The summed E-state index contributed by atoms with van der Waals surface area (Å²) in [7, 11) is -3.60. The van der Waals surface area contributed by atoms with Crippen molar-refractivity contribution in [3.8, 4) is 0 Å². The van der Waals surface area contributed by atoms with Gasteiger partial charge < -0.3 is 5.73 Å². The Morgan fingerprint density at radius 2 is 1.95 bits per heavy atom. The number of hydrogen-bond donors (Lipinski definition) is 2. The maximum atomic E-state index is 12.3. The van der Waals surface area contributed by atoms with Crippen LogP contribution in [0.2, 0.25) is 0 Å². The Labute approximate surface area is 118 Å². The summed E-state index contributed by atoms with van der Waals surface area (Å²) >= 11 is 0. The highest BCUT2D eigenvalue weighted by atomic mass is 32.2. The number of rotatable bonds is 4. The third-order valence-electron chi connectivity index (χ3n) is 3.11. The fraction of sp³-hybridized carbons (Fsp3) is 0.214. The number of hydrogen-bond acceptors (Lipinski definition) is 4. The molecule has 0 aliphatic heterocycles. The highest BCUT2D eigenvalue weighted by Gasteiger charge is 2.16. The summed E-state index contributed by atoms with van der Waals surface area (Å²) in [6.45, 7) is 4.04. The fourth-order valence-corrected chi connectivity index (χ4v) is 3.07. The Bertz CT molecular complexity index is 727. The first-order valence-electron chi connectivity index (χ1n) is 6.17. The van der Waals surface area contributed by atoms with E-state index in [1.54, 1.807) is 43.6 Å². The molecule has 2 rings (SSSR count). The summed E-state index contributed by atoms with van der Waals surface area (Å²) in [6.07, 6.45) is 3.16. The van der Waals surface area contributed by atoms with Gasteiger partial charge in [-0.25, -0.2) is 8.42 Å². The summed E-state index contributed by atoms with van der Waals surface area (Å²) in [5.74, 6) is 0. The van der Waals surface area contributed by atoms with Crippen LogP contribution in [0.5, 0.6) is 0 Å². The van der Waals surface area contributed by atoms with Crippen LogP contribution in [0.3, 0.4) is 0 Å². The molecule has 0 spiro atoms.